The summed E-state index contributed by atoms with van der Waals surface area (Å²) in [6.07, 6.45) is 6.01. The third-order valence-corrected chi connectivity index (χ3v) is 9.41. The number of nitrogens with one attached hydrogen (secondary N) is 2. The van der Waals surface area contributed by atoms with E-state index in [1.54, 1.807) is 12.1 Å². The van der Waals surface area contributed by atoms with E-state index in [1.807, 2.05) is 0 Å². The van der Waals surface area contributed by atoms with Crippen LogP contribution < -0.4 is 15.4 Å². The van der Waals surface area contributed by atoms with E-state index >= 15 is 0 Å². The summed E-state index contributed by atoms with van der Waals surface area (Å²) < 4.78 is 37.1. The Morgan fingerprint density at radius 1 is 1.05 bits per heavy atom. The van der Waals surface area contributed by atoms with Crippen molar-refractivity contribution in [2.75, 3.05) is 56.8 Å². The zero-order valence-corrected chi connectivity index (χ0v) is 26.1. The Labute approximate surface area is 250 Å². The van der Waals surface area contributed by atoms with Crippen LogP contribution in [0.2, 0.25) is 0 Å². The van der Waals surface area contributed by atoms with Crippen molar-refractivity contribution in [1.29, 1.82) is 0 Å². The Bertz CT molecular complexity index is 1540. The number of aromatic nitrogens is 1. The molecule has 1 saturated heterocycles. The second-order valence-electron chi connectivity index (χ2n) is 11.9. The number of rotatable bonds is 9. The van der Waals surface area contributed by atoms with E-state index in [9.17, 15) is 8.42 Å². The molecule has 1 saturated carbocycles. The molecule has 3 aromatic rings. The molecule has 2 fully saturated rings. The number of ether oxygens (including phenoxy) is 2. The summed E-state index contributed by atoms with van der Waals surface area (Å²) in [7, 11) is -1.78. The molecule has 0 radical (unpaired) electrons. The summed E-state index contributed by atoms with van der Waals surface area (Å²) in [6, 6.07) is 14.7. The van der Waals surface area contributed by atoms with Crippen LogP contribution in [-0.2, 0) is 21.1 Å². The fourth-order valence-corrected chi connectivity index (χ4v) is 6.78. The van der Waals surface area contributed by atoms with Gasteiger partial charge in [0.05, 0.1) is 48.7 Å². The highest BCUT2D eigenvalue weighted by molar-refractivity contribution is 7.90. The minimum absolute atomic E-state index is 0.226. The lowest BCUT2D eigenvalue weighted by Gasteiger charge is -2.39. The van der Waals surface area contributed by atoms with Gasteiger partial charge in [-0.3, -0.25) is 4.90 Å². The zero-order chi connectivity index (χ0) is 29.7. The van der Waals surface area contributed by atoms with Crippen LogP contribution >= 0.6 is 0 Å². The van der Waals surface area contributed by atoms with Crippen molar-refractivity contribution in [3.8, 4) is 17.6 Å². The van der Waals surface area contributed by atoms with E-state index in [0.717, 1.165) is 38.5 Å². The van der Waals surface area contributed by atoms with Gasteiger partial charge < -0.3 is 24.7 Å². The maximum absolute atomic E-state index is 11.9. The van der Waals surface area contributed by atoms with Crippen LogP contribution in [0, 0.1) is 17.8 Å². The molecular weight excluding hydrogens is 548 g/mol. The number of nitrogens with zero attached hydrogens (tertiary/aromatic N) is 2. The molecule has 2 N–H and O–H groups in total. The van der Waals surface area contributed by atoms with Crippen molar-refractivity contribution >= 4 is 32.1 Å². The highest BCUT2D eigenvalue weighted by Crippen LogP contribution is 2.32. The van der Waals surface area contributed by atoms with Gasteiger partial charge in [-0.05, 0) is 67.9 Å². The van der Waals surface area contributed by atoms with Gasteiger partial charge in [0.1, 0.15) is 5.75 Å². The average Bonchev–Trinajstić information content (AvgIpc) is 3.33. The van der Waals surface area contributed by atoms with Gasteiger partial charge in [-0.25, -0.2) is 8.42 Å². The minimum atomic E-state index is -3.31. The number of hydrogen-bond donors (Lipinski definition) is 2. The molecule has 0 atom stereocenters. The van der Waals surface area contributed by atoms with Gasteiger partial charge in [0.25, 0.3) is 0 Å². The molecule has 0 amide bonds. The van der Waals surface area contributed by atoms with Crippen LogP contribution in [-0.4, -0.2) is 76.2 Å². The van der Waals surface area contributed by atoms with Gasteiger partial charge in [-0.1, -0.05) is 25.8 Å². The lowest BCUT2D eigenvalue weighted by Crippen LogP contribution is -2.46. The standard InChI is InChI=1S/C33H44N4O4S/c1-24(2)23-37-27(7-6-16-34-31-15-14-28(42(4,38)39)22-33(31)40-3)21-29-30(8-5-9-32(29)37)35-25-10-12-26(13-11-25)36-17-19-41-20-18-36/h5,8-9,14-15,21-22,24-26,34-35H,10-13,16-20,23H2,1-4H3. The Morgan fingerprint density at radius 2 is 1.81 bits per heavy atom. The largest absolute Gasteiger partial charge is 0.495 e. The summed E-state index contributed by atoms with van der Waals surface area (Å²) >= 11 is 0. The SMILES string of the molecule is COc1cc(S(C)(=O)=O)ccc1NCC#Cc1cc2c(NC3CCC(N4CCOCC4)CC3)cccc2n1CC(C)C. The predicted octanol–water partition coefficient (Wildman–Crippen LogP) is 5.23. The van der Waals surface area contributed by atoms with Gasteiger partial charge in [0.2, 0.25) is 0 Å². The fourth-order valence-electron chi connectivity index (χ4n) is 6.15. The number of sulfone groups is 1. The molecule has 5 rings (SSSR count). The van der Waals surface area contributed by atoms with Gasteiger partial charge in [-0.2, -0.15) is 0 Å². The highest BCUT2D eigenvalue weighted by Gasteiger charge is 2.27. The van der Waals surface area contributed by atoms with Crippen molar-refractivity contribution in [1.82, 2.24) is 9.47 Å². The normalized spacial score (nSPS) is 19.8. The molecule has 8 nitrogen and oxygen atoms in total. The van der Waals surface area contributed by atoms with Crippen molar-refractivity contribution in [2.24, 2.45) is 5.92 Å². The third kappa shape index (κ3) is 7.23. The topological polar surface area (TPSA) is 84.8 Å². The number of morpholine rings is 1. The molecule has 226 valence electrons. The van der Waals surface area contributed by atoms with Gasteiger partial charge in [0.15, 0.2) is 9.84 Å². The van der Waals surface area contributed by atoms with Crippen LogP contribution in [0.4, 0.5) is 11.4 Å². The first kappa shape index (κ1) is 30.3. The first-order chi connectivity index (χ1) is 20.2. The van der Waals surface area contributed by atoms with Crippen molar-refractivity contribution in [2.45, 2.75) is 63.1 Å². The molecular formula is C33H44N4O4S. The molecule has 0 bridgehead atoms. The molecule has 2 aromatic carbocycles. The summed E-state index contributed by atoms with van der Waals surface area (Å²) in [4.78, 5) is 2.84. The summed E-state index contributed by atoms with van der Waals surface area (Å²) in [5, 5.41) is 8.37. The molecule has 2 heterocycles. The van der Waals surface area contributed by atoms with E-state index in [1.165, 1.54) is 61.7 Å². The Balaban J connectivity index is 1.30. The molecule has 0 unspecified atom stereocenters. The van der Waals surface area contributed by atoms with Crippen molar-refractivity contribution < 1.29 is 17.9 Å². The molecule has 2 aliphatic rings. The van der Waals surface area contributed by atoms with E-state index in [0.29, 0.717) is 36.0 Å². The minimum Gasteiger partial charge on any atom is -0.495 e. The van der Waals surface area contributed by atoms with Gasteiger partial charge in [-0.15, -0.1) is 0 Å². The molecule has 42 heavy (non-hydrogen) atoms. The van der Waals surface area contributed by atoms with E-state index in [-0.39, 0.29) is 4.90 Å². The Kier molecular flexibility index (Phi) is 9.67. The number of hydrogen-bond acceptors (Lipinski definition) is 7. The van der Waals surface area contributed by atoms with Gasteiger partial charge >= 0.3 is 0 Å². The quantitative estimate of drug-likeness (QED) is 0.329. The number of anilines is 2. The maximum Gasteiger partial charge on any atom is 0.175 e. The second kappa shape index (κ2) is 13.4. The van der Waals surface area contributed by atoms with Crippen LogP contribution in [0.15, 0.2) is 47.4 Å². The Hall–Kier alpha value is -3.19. The fraction of sp³-hybridized carbons (Fsp3) is 0.515. The maximum atomic E-state index is 11.9. The van der Waals surface area contributed by atoms with Crippen molar-refractivity contribution in [3.63, 3.8) is 0 Å². The lowest BCUT2D eigenvalue weighted by molar-refractivity contribution is 0.00791. The lowest BCUT2D eigenvalue weighted by atomic mass is 9.89. The van der Waals surface area contributed by atoms with Crippen LogP contribution in [0.25, 0.3) is 10.9 Å². The highest BCUT2D eigenvalue weighted by atomic mass is 32.2. The average molecular weight is 593 g/mol. The zero-order valence-electron chi connectivity index (χ0n) is 25.3. The molecule has 1 aromatic heterocycles. The molecule has 9 heteroatoms. The second-order valence-corrected chi connectivity index (χ2v) is 13.9. The summed E-state index contributed by atoms with van der Waals surface area (Å²) in [5.74, 6) is 7.61. The van der Waals surface area contributed by atoms with E-state index in [4.69, 9.17) is 9.47 Å². The number of benzene rings is 2. The number of methoxy groups -OCH3 is 1. The van der Waals surface area contributed by atoms with Crippen LogP contribution in [0.5, 0.6) is 5.75 Å². The first-order valence-corrected chi connectivity index (χ1v) is 16.9. The molecule has 0 spiro atoms. The summed E-state index contributed by atoms with van der Waals surface area (Å²) in [6.45, 7) is 9.59. The van der Waals surface area contributed by atoms with Crippen LogP contribution in [0.3, 0.4) is 0 Å². The van der Waals surface area contributed by atoms with Crippen molar-refractivity contribution in [3.05, 3.63) is 48.2 Å². The predicted molar refractivity (Wildman–Crippen MR) is 170 cm³/mol. The smallest absolute Gasteiger partial charge is 0.175 e. The monoisotopic (exact) mass is 592 g/mol. The van der Waals surface area contributed by atoms with Gasteiger partial charge in [0, 0.05) is 55.1 Å². The number of fused-ring (bicyclic) bond motifs is 1. The van der Waals surface area contributed by atoms with E-state index < -0.39 is 9.84 Å². The van der Waals surface area contributed by atoms with E-state index in [2.05, 4.69) is 70.1 Å². The van der Waals surface area contributed by atoms with Crippen LogP contribution in [0.1, 0.15) is 45.2 Å². The molecule has 1 aliphatic heterocycles. The Morgan fingerprint density at radius 3 is 2.50 bits per heavy atom. The first-order valence-electron chi connectivity index (χ1n) is 15.0. The summed E-state index contributed by atoms with van der Waals surface area (Å²) in [5.41, 5.74) is 4.08. The molecule has 1 aliphatic carbocycles. The third-order valence-electron chi connectivity index (χ3n) is 8.30.